The Morgan fingerprint density at radius 2 is 2.07 bits per heavy atom. The van der Waals surface area contributed by atoms with Gasteiger partial charge in [0.15, 0.2) is 5.82 Å². The number of rotatable bonds is 6. The number of nitrogens with zero attached hydrogens (tertiary/aromatic N) is 3. The van der Waals surface area contributed by atoms with Crippen LogP contribution in [-0.4, -0.2) is 20.8 Å². The van der Waals surface area contributed by atoms with Gasteiger partial charge in [-0.3, -0.25) is 4.68 Å². The van der Waals surface area contributed by atoms with Crippen LogP contribution in [0.1, 0.15) is 39.4 Å². The lowest BCUT2D eigenvalue weighted by Crippen LogP contribution is -2.26. The molecule has 0 aromatic carbocycles. The quantitative estimate of drug-likeness (QED) is 0.777. The maximum atomic E-state index is 4.22. The highest BCUT2D eigenvalue weighted by Gasteiger charge is 2.04. The van der Waals surface area contributed by atoms with Gasteiger partial charge in [0.2, 0.25) is 0 Å². The van der Waals surface area contributed by atoms with Crippen LogP contribution in [0.3, 0.4) is 0 Å². The third-order valence-electron chi connectivity index (χ3n) is 2.43. The Morgan fingerprint density at radius 3 is 2.60 bits per heavy atom. The van der Waals surface area contributed by atoms with Crippen molar-refractivity contribution in [3.05, 3.63) is 12.2 Å². The number of aryl methyl sites for hydroxylation is 1. The summed E-state index contributed by atoms with van der Waals surface area (Å²) in [5, 5.41) is 7.65. The Labute approximate surface area is 92.1 Å². The van der Waals surface area contributed by atoms with E-state index in [4.69, 9.17) is 0 Å². The fourth-order valence-electron chi connectivity index (χ4n) is 1.42. The number of nitrogens with one attached hydrogen (secondary N) is 1. The molecule has 0 saturated heterocycles. The molecule has 0 radical (unpaired) electrons. The van der Waals surface area contributed by atoms with E-state index in [-0.39, 0.29) is 0 Å². The predicted octanol–water partition coefficient (Wildman–Crippen LogP) is 1.73. The first kappa shape index (κ1) is 12.2. The van der Waals surface area contributed by atoms with Crippen molar-refractivity contribution in [3.8, 4) is 0 Å². The van der Waals surface area contributed by atoms with Crippen molar-refractivity contribution >= 4 is 0 Å². The minimum absolute atomic E-state index is 0.538. The number of aromatic nitrogens is 3. The molecule has 1 N–H and O–H groups in total. The molecule has 1 atom stereocenters. The maximum absolute atomic E-state index is 4.22. The van der Waals surface area contributed by atoms with Gasteiger partial charge >= 0.3 is 0 Å². The highest BCUT2D eigenvalue weighted by molar-refractivity contribution is 4.81. The van der Waals surface area contributed by atoms with Crippen LogP contribution in [0.5, 0.6) is 0 Å². The molecule has 0 aliphatic rings. The maximum Gasteiger partial charge on any atom is 0.164 e. The summed E-state index contributed by atoms with van der Waals surface area (Å²) < 4.78 is 1.73. The third-order valence-corrected chi connectivity index (χ3v) is 2.43. The first-order chi connectivity index (χ1) is 7.08. The molecule has 0 aliphatic heterocycles. The molecule has 1 heterocycles. The first-order valence-corrected chi connectivity index (χ1v) is 5.66. The van der Waals surface area contributed by atoms with Gasteiger partial charge in [0.1, 0.15) is 6.33 Å². The summed E-state index contributed by atoms with van der Waals surface area (Å²) in [6.07, 6.45) is 4.21. The third kappa shape index (κ3) is 4.93. The van der Waals surface area contributed by atoms with E-state index in [1.54, 1.807) is 11.0 Å². The number of hydrogen-bond acceptors (Lipinski definition) is 3. The van der Waals surface area contributed by atoms with Crippen LogP contribution in [0.25, 0.3) is 0 Å². The lowest BCUT2D eigenvalue weighted by Gasteiger charge is -2.13. The molecule has 0 amide bonds. The molecule has 0 aliphatic carbocycles. The van der Waals surface area contributed by atoms with Crippen LogP contribution in [0, 0.1) is 5.92 Å². The molecule has 4 nitrogen and oxygen atoms in total. The van der Waals surface area contributed by atoms with Crippen molar-refractivity contribution in [1.82, 2.24) is 20.1 Å². The standard InChI is InChI=1S/C11H22N4/c1-9(2)5-6-10(3)12-7-11-13-8-15(4)14-11/h8-10,12H,5-7H2,1-4H3. The fraction of sp³-hybridized carbons (Fsp3) is 0.818. The second kappa shape index (κ2) is 5.85. The van der Waals surface area contributed by atoms with Crippen molar-refractivity contribution in [2.75, 3.05) is 0 Å². The molecular formula is C11H22N4. The van der Waals surface area contributed by atoms with Crippen molar-refractivity contribution in [3.63, 3.8) is 0 Å². The zero-order valence-corrected chi connectivity index (χ0v) is 10.2. The predicted molar refractivity (Wildman–Crippen MR) is 61.4 cm³/mol. The van der Waals surface area contributed by atoms with Crippen LogP contribution < -0.4 is 5.32 Å². The van der Waals surface area contributed by atoms with Gasteiger partial charge in [0.25, 0.3) is 0 Å². The average molecular weight is 210 g/mol. The topological polar surface area (TPSA) is 42.7 Å². The van der Waals surface area contributed by atoms with E-state index < -0.39 is 0 Å². The molecule has 0 spiro atoms. The normalized spacial score (nSPS) is 13.4. The lowest BCUT2D eigenvalue weighted by atomic mass is 10.0. The summed E-state index contributed by atoms with van der Waals surface area (Å²) in [5.41, 5.74) is 0. The molecule has 1 rings (SSSR count). The van der Waals surface area contributed by atoms with E-state index >= 15 is 0 Å². The van der Waals surface area contributed by atoms with Crippen LogP contribution in [0.4, 0.5) is 0 Å². The lowest BCUT2D eigenvalue weighted by molar-refractivity contribution is 0.446. The van der Waals surface area contributed by atoms with Crippen LogP contribution in [0.15, 0.2) is 6.33 Å². The first-order valence-electron chi connectivity index (χ1n) is 5.66. The fourth-order valence-corrected chi connectivity index (χ4v) is 1.42. The highest BCUT2D eigenvalue weighted by Crippen LogP contribution is 2.06. The molecule has 0 fully saturated rings. The van der Waals surface area contributed by atoms with Crippen molar-refractivity contribution in [2.24, 2.45) is 13.0 Å². The molecule has 86 valence electrons. The van der Waals surface area contributed by atoms with Gasteiger partial charge in [-0.25, -0.2) is 4.98 Å². The van der Waals surface area contributed by atoms with E-state index in [9.17, 15) is 0 Å². The van der Waals surface area contributed by atoms with E-state index in [1.807, 2.05) is 7.05 Å². The molecule has 0 bridgehead atoms. The Morgan fingerprint density at radius 1 is 1.33 bits per heavy atom. The van der Waals surface area contributed by atoms with Crippen LogP contribution in [-0.2, 0) is 13.6 Å². The summed E-state index contributed by atoms with van der Waals surface area (Å²) in [7, 11) is 1.89. The SMILES string of the molecule is CC(C)CCC(C)NCc1ncn(C)n1. The van der Waals surface area contributed by atoms with Crippen molar-refractivity contribution in [1.29, 1.82) is 0 Å². The van der Waals surface area contributed by atoms with Gasteiger partial charge in [-0.1, -0.05) is 13.8 Å². The summed E-state index contributed by atoms with van der Waals surface area (Å²) in [6, 6.07) is 0.538. The van der Waals surface area contributed by atoms with E-state index in [2.05, 4.69) is 36.2 Å². The minimum atomic E-state index is 0.538. The molecule has 1 aromatic rings. The average Bonchev–Trinajstić information content (AvgIpc) is 2.58. The molecular weight excluding hydrogens is 188 g/mol. The van der Waals surface area contributed by atoms with Gasteiger partial charge in [-0.2, -0.15) is 5.10 Å². The summed E-state index contributed by atoms with van der Waals surface area (Å²) in [4.78, 5) is 4.17. The minimum Gasteiger partial charge on any atom is -0.307 e. The zero-order valence-electron chi connectivity index (χ0n) is 10.2. The van der Waals surface area contributed by atoms with Crippen molar-refractivity contribution in [2.45, 2.75) is 46.2 Å². The van der Waals surface area contributed by atoms with Crippen molar-refractivity contribution < 1.29 is 0 Å². The van der Waals surface area contributed by atoms with E-state index in [0.717, 1.165) is 18.3 Å². The Balaban J connectivity index is 2.19. The Hall–Kier alpha value is -0.900. The second-order valence-electron chi connectivity index (χ2n) is 4.59. The van der Waals surface area contributed by atoms with Gasteiger partial charge in [0, 0.05) is 13.1 Å². The van der Waals surface area contributed by atoms with Crippen LogP contribution >= 0.6 is 0 Å². The van der Waals surface area contributed by atoms with Gasteiger partial charge < -0.3 is 5.32 Å². The summed E-state index contributed by atoms with van der Waals surface area (Å²) in [5.74, 6) is 1.65. The van der Waals surface area contributed by atoms with E-state index in [1.165, 1.54) is 12.8 Å². The molecule has 15 heavy (non-hydrogen) atoms. The number of hydrogen-bond donors (Lipinski definition) is 1. The monoisotopic (exact) mass is 210 g/mol. The van der Waals surface area contributed by atoms with Gasteiger partial charge in [-0.15, -0.1) is 0 Å². The van der Waals surface area contributed by atoms with E-state index in [0.29, 0.717) is 6.04 Å². The van der Waals surface area contributed by atoms with Crippen LogP contribution in [0.2, 0.25) is 0 Å². The van der Waals surface area contributed by atoms with Gasteiger partial charge in [-0.05, 0) is 25.7 Å². The molecule has 0 saturated carbocycles. The molecule has 1 unspecified atom stereocenters. The Bertz CT molecular complexity index is 280. The largest absolute Gasteiger partial charge is 0.307 e. The summed E-state index contributed by atoms with van der Waals surface area (Å²) in [6.45, 7) is 7.49. The van der Waals surface area contributed by atoms with Gasteiger partial charge in [0.05, 0.1) is 6.54 Å². The highest BCUT2D eigenvalue weighted by atomic mass is 15.3. The molecule has 1 aromatic heterocycles. The molecule has 4 heteroatoms. The smallest absolute Gasteiger partial charge is 0.164 e. The second-order valence-corrected chi connectivity index (χ2v) is 4.59. The summed E-state index contributed by atoms with van der Waals surface area (Å²) >= 11 is 0. The zero-order chi connectivity index (χ0) is 11.3. The Kier molecular flexibility index (Phi) is 4.75.